The van der Waals surface area contributed by atoms with Crippen LogP contribution >= 0.6 is 0 Å². The van der Waals surface area contributed by atoms with Gasteiger partial charge in [-0.25, -0.2) is 13.2 Å². The molecular formula is C14H20N2O4S. The molecule has 2 amide bonds. The highest BCUT2D eigenvalue weighted by Crippen LogP contribution is 2.24. The predicted octanol–water partition coefficient (Wildman–Crippen LogP) is 1.78. The van der Waals surface area contributed by atoms with E-state index in [0.717, 1.165) is 0 Å². The molecule has 0 spiro atoms. The summed E-state index contributed by atoms with van der Waals surface area (Å²) in [5, 5.41) is 5.38. The molecule has 1 aliphatic rings. The molecule has 1 aromatic rings. The largest absolute Gasteiger partial charge is 0.489 e. The van der Waals surface area contributed by atoms with E-state index < -0.39 is 15.9 Å². The maximum absolute atomic E-state index is 11.9. The first-order valence-electron chi connectivity index (χ1n) is 6.89. The molecule has 0 aliphatic carbocycles. The number of rotatable bonds is 4. The molecule has 6 nitrogen and oxygen atoms in total. The van der Waals surface area contributed by atoms with Crippen LogP contribution in [0.3, 0.4) is 0 Å². The van der Waals surface area contributed by atoms with Crippen molar-refractivity contribution >= 4 is 21.6 Å². The zero-order valence-corrected chi connectivity index (χ0v) is 12.9. The minimum atomic E-state index is -3.01. The number of carbonyl (C=O) groups excluding carboxylic acids is 1. The van der Waals surface area contributed by atoms with E-state index in [-0.39, 0.29) is 23.7 Å². The van der Waals surface area contributed by atoms with E-state index in [1.165, 1.54) is 0 Å². The van der Waals surface area contributed by atoms with Crippen molar-refractivity contribution in [3.63, 3.8) is 0 Å². The van der Waals surface area contributed by atoms with Gasteiger partial charge < -0.3 is 15.4 Å². The summed E-state index contributed by atoms with van der Waals surface area (Å²) >= 11 is 0. The molecule has 1 fully saturated rings. The minimum absolute atomic E-state index is 0.00372. The SMILES string of the molecule is CC(C)Oc1ccccc1NC(=O)NC1CCS(=O)(=O)C1. The van der Waals surface area contributed by atoms with Crippen LogP contribution in [-0.4, -0.2) is 38.1 Å². The Morgan fingerprint density at radius 1 is 1.33 bits per heavy atom. The standard InChI is InChI=1S/C14H20N2O4S/c1-10(2)20-13-6-4-3-5-12(13)16-14(17)15-11-7-8-21(18,19)9-11/h3-6,10-11H,7-9H2,1-2H3,(H2,15,16,17). The highest BCUT2D eigenvalue weighted by atomic mass is 32.2. The van der Waals surface area contributed by atoms with E-state index in [1.54, 1.807) is 18.2 Å². The van der Waals surface area contributed by atoms with Crippen LogP contribution in [-0.2, 0) is 9.84 Å². The van der Waals surface area contributed by atoms with Crippen molar-refractivity contribution in [2.45, 2.75) is 32.4 Å². The van der Waals surface area contributed by atoms with Crippen LogP contribution in [0.5, 0.6) is 5.75 Å². The quantitative estimate of drug-likeness (QED) is 0.887. The van der Waals surface area contributed by atoms with Gasteiger partial charge in [-0.1, -0.05) is 12.1 Å². The lowest BCUT2D eigenvalue weighted by Gasteiger charge is -2.16. The van der Waals surface area contributed by atoms with Gasteiger partial charge in [0, 0.05) is 6.04 Å². The van der Waals surface area contributed by atoms with Crippen LogP contribution < -0.4 is 15.4 Å². The van der Waals surface area contributed by atoms with Crippen molar-refractivity contribution in [2.75, 3.05) is 16.8 Å². The van der Waals surface area contributed by atoms with Gasteiger partial charge in [0.15, 0.2) is 9.84 Å². The molecule has 21 heavy (non-hydrogen) atoms. The molecule has 1 aromatic carbocycles. The lowest BCUT2D eigenvalue weighted by Crippen LogP contribution is -2.38. The first kappa shape index (κ1) is 15.6. The van der Waals surface area contributed by atoms with E-state index >= 15 is 0 Å². The molecule has 1 saturated heterocycles. The molecule has 0 aromatic heterocycles. The first-order valence-corrected chi connectivity index (χ1v) is 8.71. The van der Waals surface area contributed by atoms with E-state index in [4.69, 9.17) is 4.74 Å². The maximum Gasteiger partial charge on any atom is 0.319 e. The number of sulfone groups is 1. The maximum atomic E-state index is 11.9. The average Bonchev–Trinajstić information content (AvgIpc) is 2.70. The molecule has 1 unspecified atom stereocenters. The smallest absolute Gasteiger partial charge is 0.319 e. The van der Waals surface area contributed by atoms with Gasteiger partial charge >= 0.3 is 6.03 Å². The fourth-order valence-corrected chi connectivity index (χ4v) is 3.85. The summed E-state index contributed by atoms with van der Waals surface area (Å²) in [5.74, 6) is 0.719. The van der Waals surface area contributed by atoms with Crippen LogP contribution in [0.2, 0.25) is 0 Å². The summed E-state index contributed by atoms with van der Waals surface area (Å²) in [5.41, 5.74) is 0.560. The number of hydrogen-bond donors (Lipinski definition) is 2. The summed E-state index contributed by atoms with van der Waals surface area (Å²) in [6.07, 6.45) is 0.455. The zero-order valence-electron chi connectivity index (χ0n) is 12.1. The molecule has 2 rings (SSSR count). The van der Waals surface area contributed by atoms with Gasteiger partial charge in [-0.05, 0) is 32.4 Å². The summed E-state index contributed by atoms with van der Waals surface area (Å²) in [6, 6.07) is 6.39. The number of para-hydroxylation sites is 2. The number of anilines is 1. The van der Waals surface area contributed by atoms with E-state index in [1.807, 2.05) is 19.9 Å². The second-order valence-electron chi connectivity index (χ2n) is 5.36. The second kappa shape index (κ2) is 6.34. The summed E-state index contributed by atoms with van der Waals surface area (Å²) < 4.78 is 28.3. The fourth-order valence-electron chi connectivity index (χ4n) is 2.18. The highest BCUT2D eigenvalue weighted by molar-refractivity contribution is 7.91. The molecule has 116 valence electrons. The monoisotopic (exact) mass is 312 g/mol. The van der Waals surface area contributed by atoms with E-state index in [0.29, 0.717) is 17.9 Å². The van der Waals surface area contributed by atoms with Crippen molar-refractivity contribution in [1.82, 2.24) is 5.32 Å². The number of amides is 2. The van der Waals surface area contributed by atoms with Gasteiger partial charge in [0.2, 0.25) is 0 Å². The number of carbonyl (C=O) groups is 1. The van der Waals surface area contributed by atoms with Crippen LogP contribution in [0.25, 0.3) is 0 Å². The minimum Gasteiger partial charge on any atom is -0.489 e. The zero-order chi connectivity index (χ0) is 15.5. The van der Waals surface area contributed by atoms with Crippen molar-refractivity contribution < 1.29 is 17.9 Å². The highest BCUT2D eigenvalue weighted by Gasteiger charge is 2.29. The molecule has 0 saturated carbocycles. The molecular weight excluding hydrogens is 292 g/mol. The number of ether oxygens (including phenoxy) is 1. The Balaban J connectivity index is 1.97. The van der Waals surface area contributed by atoms with Crippen molar-refractivity contribution in [1.29, 1.82) is 0 Å². The second-order valence-corrected chi connectivity index (χ2v) is 7.59. The van der Waals surface area contributed by atoms with Crippen molar-refractivity contribution in [2.24, 2.45) is 0 Å². The molecule has 1 aliphatic heterocycles. The summed E-state index contributed by atoms with van der Waals surface area (Å²) in [6.45, 7) is 3.81. The summed E-state index contributed by atoms with van der Waals surface area (Å²) in [7, 11) is -3.01. The lowest BCUT2D eigenvalue weighted by molar-refractivity contribution is 0.241. The van der Waals surface area contributed by atoms with E-state index in [9.17, 15) is 13.2 Å². The van der Waals surface area contributed by atoms with Gasteiger partial charge in [0.05, 0.1) is 23.3 Å². The predicted molar refractivity (Wildman–Crippen MR) is 81.4 cm³/mol. The molecule has 7 heteroatoms. The molecule has 0 bridgehead atoms. The molecule has 0 radical (unpaired) electrons. The fraction of sp³-hybridized carbons (Fsp3) is 0.500. The number of benzene rings is 1. The number of nitrogens with one attached hydrogen (secondary N) is 2. The molecule has 1 atom stereocenters. The summed E-state index contributed by atoms with van der Waals surface area (Å²) in [4.78, 5) is 11.9. The Morgan fingerprint density at radius 2 is 2.05 bits per heavy atom. The van der Waals surface area contributed by atoms with Gasteiger partial charge in [0.1, 0.15) is 5.75 Å². The lowest BCUT2D eigenvalue weighted by atomic mass is 10.2. The van der Waals surface area contributed by atoms with E-state index in [2.05, 4.69) is 10.6 Å². The van der Waals surface area contributed by atoms with Crippen LogP contribution in [0.15, 0.2) is 24.3 Å². The van der Waals surface area contributed by atoms with Gasteiger partial charge in [-0.3, -0.25) is 0 Å². The van der Waals surface area contributed by atoms with Crippen LogP contribution in [0.4, 0.5) is 10.5 Å². The Kier molecular flexibility index (Phi) is 4.72. The topological polar surface area (TPSA) is 84.5 Å². The molecule has 1 heterocycles. The van der Waals surface area contributed by atoms with Gasteiger partial charge in [0.25, 0.3) is 0 Å². The Morgan fingerprint density at radius 3 is 2.67 bits per heavy atom. The van der Waals surface area contributed by atoms with Crippen molar-refractivity contribution in [3.05, 3.63) is 24.3 Å². The Labute approximate surface area is 124 Å². The van der Waals surface area contributed by atoms with Crippen LogP contribution in [0, 0.1) is 0 Å². The number of urea groups is 1. The third-order valence-electron chi connectivity index (χ3n) is 3.07. The Hall–Kier alpha value is -1.76. The first-order chi connectivity index (χ1) is 9.85. The van der Waals surface area contributed by atoms with Crippen molar-refractivity contribution in [3.8, 4) is 5.75 Å². The third kappa shape index (κ3) is 4.63. The number of hydrogen-bond acceptors (Lipinski definition) is 4. The average molecular weight is 312 g/mol. The normalized spacial score (nSPS) is 20.2. The van der Waals surface area contributed by atoms with Gasteiger partial charge in [-0.2, -0.15) is 0 Å². The Bertz CT molecular complexity index is 613. The molecule has 2 N–H and O–H groups in total. The van der Waals surface area contributed by atoms with Crippen LogP contribution in [0.1, 0.15) is 20.3 Å². The third-order valence-corrected chi connectivity index (χ3v) is 4.83. The van der Waals surface area contributed by atoms with Gasteiger partial charge in [-0.15, -0.1) is 0 Å².